The van der Waals surface area contributed by atoms with Gasteiger partial charge in [-0.1, -0.05) is 6.07 Å². The molecule has 34 heavy (non-hydrogen) atoms. The number of sulfonamides is 1. The minimum atomic E-state index is -3.64. The van der Waals surface area contributed by atoms with Gasteiger partial charge in [-0.3, -0.25) is 4.79 Å². The van der Waals surface area contributed by atoms with Gasteiger partial charge in [-0.2, -0.15) is 4.31 Å². The van der Waals surface area contributed by atoms with E-state index in [1.54, 1.807) is 29.6 Å². The Morgan fingerprint density at radius 1 is 0.941 bits per heavy atom. The molecular formula is C26H32N2O5S. The zero-order chi connectivity index (χ0) is 24.5. The fourth-order valence-corrected chi connectivity index (χ4v) is 6.74. The molecule has 1 amide bonds. The van der Waals surface area contributed by atoms with Crippen molar-refractivity contribution in [3.8, 4) is 0 Å². The van der Waals surface area contributed by atoms with Crippen LogP contribution in [0.1, 0.15) is 46.6 Å². The minimum Gasteiger partial charge on any atom is -0.467 e. The summed E-state index contributed by atoms with van der Waals surface area (Å²) >= 11 is 0. The summed E-state index contributed by atoms with van der Waals surface area (Å²) < 4.78 is 39.6. The lowest BCUT2D eigenvalue weighted by Crippen LogP contribution is -2.44. The van der Waals surface area contributed by atoms with E-state index in [-0.39, 0.29) is 11.8 Å². The van der Waals surface area contributed by atoms with Crippen molar-refractivity contribution in [2.24, 2.45) is 5.92 Å². The van der Waals surface area contributed by atoms with Crippen LogP contribution in [0, 0.1) is 33.6 Å². The molecule has 1 fully saturated rings. The van der Waals surface area contributed by atoms with Crippen molar-refractivity contribution in [3.63, 3.8) is 0 Å². The Morgan fingerprint density at radius 3 is 1.88 bits per heavy atom. The number of benzene rings is 1. The van der Waals surface area contributed by atoms with Crippen molar-refractivity contribution in [3.05, 3.63) is 76.6 Å². The fraction of sp³-hybridized carbons (Fsp3) is 0.423. The van der Waals surface area contributed by atoms with Crippen LogP contribution in [0.3, 0.4) is 0 Å². The van der Waals surface area contributed by atoms with Gasteiger partial charge in [0.05, 0.1) is 30.5 Å². The standard InChI is InChI=1S/C26H32N2O5S/c1-18-15-19(2)21(4)25(20(18)3)34(30,31)28-11-9-22(10-12-28)26(29)27(16-23-7-5-13-32-23)17-24-8-6-14-33-24/h5-8,13-15,22H,9-12,16-17H2,1-4H3. The van der Waals surface area contributed by atoms with Gasteiger partial charge in [-0.25, -0.2) is 8.42 Å². The number of hydrogen-bond donors (Lipinski definition) is 0. The third-order valence-electron chi connectivity index (χ3n) is 6.86. The molecule has 0 spiro atoms. The van der Waals surface area contributed by atoms with Crippen molar-refractivity contribution in [2.45, 2.75) is 58.5 Å². The van der Waals surface area contributed by atoms with Crippen molar-refractivity contribution >= 4 is 15.9 Å². The summed E-state index contributed by atoms with van der Waals surface area (Å²) in [5.74, 6) is 1.13. The van der Waals surface area contributed by atoms with Crippen LogP contribution in [-0.2, 0) is 27.9 Å². The lowest BCUT2D eigenvalue weighted by atomic mass is 9.96. The predicted octanol–water partition coefficient (Wildman–Crippen LogP) is 4.74. The molecule has 182 valence electrons. The number of carbonyl (C=O) groups excluding carboxylic acids is 1. The molecule has 0 N–H and O–H groups in total. The molecule has 0 atom stereocenters. The van der Waals surface area contributed by atoms with Gasteiger partial charge in [-0.15, -0.1) is 0 Å². The topological polar surface area (TPSA) is 84.0 Å². The van der Waals surface area contributed by atoms with Gasteiger partial charge in [-0.05, 0) is 87.1 Å². The number of furan rings is 2. The summed E-state index contributed by atoms with van der Waals surface area (Å²) in [6.07, 6.45) is 4.14. The third kappa shape index (κ3) is 4.83. The lowest BCUT2D eigenvalue weighted by Gasteiger charge is -2.34. The van der Waals surface area contributed by atoms with Gasteiger partial charge < -0.3 is 13.7 Å². The molecule has 0 radical (unpaired) electrons. The van der Waals surface area contributed by atoms with E-state index >= 15 is 0 Å². The molecular weight excluding hydrogens is 452 g/mol. The first kappa shape index (κ1) is 24.3. The van der Waals surface area contributed by atoms with Gasteiger partial charge in [0.1, 0.15) is 11.5 Å². The minimum absolute atomic E-state index is 0.0105. The van der Waals surface area contributed by atoms with Gasteiger partial charge in [0.2, 0.25) is 15.9 Å². The Kier molecular flexibility index (Phi) is 7.00. The Morgan fingerprint density at radius 2 is 1.44 bits per heavy atom. The fourth-order valence-electron chi connectivity index (χ4n) is 4.69. The van der Waals surface area contributed by atoms with Crippen LogP contribution in [-0.4, -0.2) is 36.6 Å². The van der Waals surface area contributed by atoms with E-state index in [1.165, 1.54) is 4.31 Å². The number of amides is 1. The van der Waals surface area contributed by atoms with Gasteiger partial charge >= 0.3 is 0 Å². The van der Waals surface area contributed by atoms with E-state index < -0.39 is 10.0 Å². The maximum Gasteiger partial charge on any atom is 0.243 e. The monoisotopic (exact) mass is 484 g/mol. The number of aryl methyl sites for hydroxylation is 2. The van der Waals surface area contributed by atoms with Gasteiger partial charge in [0, 0.05) is 19.0 Å². The quantitative estimate of drug-likeness (QED) is 0.484. The van der Waals surface area contributed by atoms with Crippen LogP contribution in [0.4, 0.5) is 0 Å². The van der Waals surface area contributed by atoms with Crippen LogP contribution >= 0.6 is 0 Å². The van der Waals surface area contributed by atoms with Crippen LogP contribution in [0.2, 0.25) is 0 Å². The number of rotatable bonds is 7. The second-order valence-corrected chi connectivity index (χ2v) is 11.0. The Hall–Kier alpha value is -2.84. The molecule has 1 aromatic carbocycles. The maximum absolute atomic E-state index is 13.6. The van der Waals surface area contributed by atoms with Crippen molar-refractivity contribution < 1.29 is 22.0 Å². The summed E-state index contributed by atoms with van der Waals surface area (Å²) in [6.45, 7) is 8.94. The van der Waals surface area contributed by atoms with Crippen LogP contribution in [0.5, 0.6) is 0 Å². The summed E-state index contributed by atoms with van der Waals surface area (Å²) in [5.41, 5.74) is 3.53. The zero-order valence-electron chi connectivity index (χ0n) is 20.2. The average molecular weight is 485 g/mol. The van der Waals surface area contributed by atoms with Crippen molar-refractivity contribution in [1.82, 2.24) is 9.21 Å². The molecule has 8 heteroatoms. The molecule has 4 rings (SSSR count). The van der Waals surface area contributed by atoms with Crippen molar-refractivity contribution in [2.75, 3.05) is 13.1 Å². The van der Waals surface area contributed by atoms with Crippen molar-refractivity contribution in [1.29, 1.82) is 0 Å². The molecule has 0 aliphatic carbocycles. The molecule has 1 aliphatic rings. The van der Waals surface area contributed by atoms with Crippen LogP contribution in [0.15, 0.2) is 56.6 Å². The van der Waals surface area contributed by atoms with E-state index in [0.717, 1.165) is 22.3 Å². The van der Waals surface area contributed by atoms with Gasteiger partial charge in [0.25, 0.3) is 0 Å². The maximum atomic E-state index is 13.6. The smallest absolute Gasteiger partial charge is 0.243 e. The molecule has 3 aromatic rings. The summed E-state index contributed by atoms with van der Waals surface area (Å²) in [4.78, 5) is 15.6. The Bertz CT molecular complexity index is 1180. The zero-order valence-corrected chi connectivity index (χ0v) is 21.0. The highest BCUT2D eigenvalue weighted by molar-refractivity contribution is 7.89. The van der Waals surface area contributed by atoms with E-state index in [9.17, 15) is 13.2 Å². The molecule has 3 heterocycles. The first-order chi connectivity index (χ1) is 16.2. The average Bonchev–Trinajstić information content (AvgIpc) is 3.51. The van der Waals surface area contributed by atoms with E-state index in [1.807, 2.05) is 45.9 Å². The lowest BCUT2D eigenvalue weighted by molar-refractivity contribution is -0.138. The van der Waals surface area contributed by atoms with E-state index in [2.05, 4.69) is 0 Å². The summed E-state index contributed by atoms with van der Waals surface area (Å²) in [7, 11) is -3.64. The predicted molar refractivity (Wildman–Crippen MR) is 129 cm³/mol. The highest BCUT2D eigenvalue weighted by atomic mass is 32.2. The van der Waals surface area contributed by atoms with E-state index in [0.29, 0.717) is 55.4 Å². The Balaban J connectivity index is 1.49. The van der Waals surface area contributed by atoms with E-state index in [4.69, 9.17) is 8.83 Å². The molecule has 1 aliphatic heterocycles. The highest BCUT2D eigenvalue weighted by Gasteiger charge is 2.36. The van der Waals surface area contributed by atoms with Crippen LogP contribution < -0.4 is 0 Å². The molecule has 0 saturated carbocycles. The summed E-state index contributed by atoms with van der Waals surface area (Å²) in [6, 6.07) is 9.30. The number of carbonyl (C=O) groups is 1. The molecule has 1 saturated heterocycles. The Labute approximate surface area is 201 Å². The molecule has 2 aromatic heterocycles. The van der Waals surface area contributed by atoms with Gasteiger partial charge in [0.15, 0.2) is 0 Å². The number of hydrogen-bond acceptors (Lipinski definition) is 5. The normalized spacial score (nSPS) is 15.5. The highest BCUT2D eigenvalue weighted by Crippen LogP contribution is 2.32. The molecule has 0 bridgehead atoms. The van der Waals surface area contributed by atoms with Crippen LogP contribution in [0.25, 0.3) is 0 Å². The number of nitrogens with zero attached hydrogens (tertiary/aromatic N) is 2. The molecule has 0 unspecified atom stereocenters. The summed E-state index contributed by atoms with van der Waals surface area (Å²) in [5, 5.41) is 0. The number of piperidine rings is 1. The third-order valence-corrected chi connectivity index (χ3v) is 9.04. The second kappa shape index (κ2) is 9.80. The first-order valence-electron chi connectivity index (χ1n) is 11.6. The molecule has 7 nitrogen and oxygen atoms in total. The first-order valence-corrected chi connectivity index (χ1v) is 13.0. The second-order valence-electron chi connectivity index (χ2n) is 9.12. The largest absolute Gasteiger partial charge is 0.467 e. The SMILES string of the molecule is Cc1cc(C)c(C)c(S(=O)(=O)N2CCC(C(=O)N(Cc3ccco3)Cc3ccco3)CC2)c1C.